The van der Waals surface area contributed by atoms with Gasteiger partial charge in [0.15, 0.2) is 0 Å². The van der Waals surface area contributed by atoms with Crippen LogP contribution in [0.2, 0.25) is 0 Å². The highest BCUT2D eigenvalue weighted by molar-refractivity contribution is 7.88. The largest absolute Gasteiger partial charge is 0.534 e. The molecule has 5 nitrogen and oxygen atoms in total. The van der Waals surface area contributed by atoms with Gasteiger partial charge in [-0.2, -0.15) is 21.6 Å². The molecule has 0 spiro atoms. The van der Waals surface area contributed by atoms with E-state index in [-0.39, 0.29) is 5.52 Å². The lowest BCUT2D eigenvalue weighted by Crippen LogP contribution is -2.28. The lowest BCUT2D eigenvalue weighted by Gasteiger charge is -2.09. The summed E-state index contributed by atoms with van der Waals surface area (Å²) < 4.78 is 61.8. The van der Waals surface area contributed by atoms with Crippen LogP contribution in [0.1, 0.15) is 0 Å². The zero-order valence-corrected chi connectivity index (χ0v) is 9.36. The first-order chi connectivity index (χ1) is 8.29. The first kappa shape index (κ1) is 12.6. The van der Waals surface area contributed by atoms with Crippen LogP contribution in [0.5, 0.6) is 5.75 Å². The molecule has 9 heteroatoms. The van der Waals surface area contributed by atoms with Gasteiger partial charge in [-0.15, -0.1) is 0 Å². The highest BCUT2D eigenvalue weighted by atomic mass is 32.2. The van der Waals surface area contributed by atoms with E-state index in [1.54, 1.807) is 0 Å². The number of rotatable bonds is 2. The molecule has 96 valence electrons. The Morgan fingerprint density at radius 3 is 2.61 bits per heavy atom. The third kappa shape index (κ3) is 2.35. The van der Waals surface area contributed by atoms with Crippen LogP contribution in [0.15, 0.2) is 30.7 Å². The number of hydrogen-bond acceptors (Lipinski definition) is 5. The molecule has 18 heavy (non-hydrogen) atoms. The van der Waals surface area contributed by atoms with Gasteiger partial charge in [0.25, 0.3) is 0 Å². The van der Waals surface area contributed by atoms with Crippen LogP contribution in [0.25, 0.3) is 10.9 Å². The summed E-state index contributed by atoms with van der Waals surface area (Å²) in [6.45, 7) is 0. The van der Waals surface area contributed by atoms with E-state index in [1.165, 1.54) is 18.6 Å². The number of nitrogens with zero attached hydrogens (tertiary/aromatic N) is 2. The molecule has 2 rings (SSSR count). The van der Waals surface area contributed by atoms with Crippen LogP contribution < -0.4 is 4.18 Å². The summed E-state index contributed by atoms with van der Waals surface area (Å²) >= 11 is 0. The Labute approximate surface area is 99.4 Å². The van der Waals surface area contributed by atoms with Crippen molar-refractivity contribution in [1.82, 2.24) is 9.97 Å². The summed E-state index contributed by atoms with van der Waals surface area (Å²) in [4.78, 5) is 7.47. The Hall–Kier alpha value is -1.90. The molecule has 0 N–H and O–H groups in total. The van der Waals surface area contributed by atoms with Gasteiger partial charge in [-0.05, 0) is 12.1 Å². The number of fused-ring (bicyclic) bond motifs is 1. The summed E-state index contributed by atoms with van der Waals surface area (Å²) in [6.07, 6.45) is 2.62. The molecule has 0 aliphatic heterocycles. The van der Waals surface area contributed by atoms with Gasteiger partial charge in [0.05, 0.1) is 5.52 Å². The van der Waals surface area contributed by atoms with E-state index in [4.69, 9.17) is 0 Å². The molecule has 0 bridgehead atoms. The summed E-state index contributed by atoms with van der Waals surface area (Å²) in [5, 5.41) is 0.550. The topological polar surface area (TPSA) is 69.2 Å². The van der Waals surface area contributed by atoms with Crippen molar-refractivity contribution in [3.63, 3.8) is 0 Å². The van der Waals surface area contributed by atoms with Crippen LogP contribution in [0, 0.1) is 0 Å². The van der Waals surface area contributed by atoms with Crippen LogP contribution in [-0.4, -0.2) is 23.9 Å². The lowest BCUT2D eigenvalue weighted by molar-refractivity contribution is -0.0500. The van der Waals surface area contributed by atoms with Gasteiger partial charge < -0.3 is 4.18 Å². The molecule has 0 unspecified atom stereocenters. The van der Waals surface area contributed by atoms with Crippen LogP contribution in [-0.2, 0) is 10.1 Å². The number of halogens is 3. The maximum absolute atomic E-state index is 12.1. The standard InChI is InChI=1S/C9H5F3N2O3S/c10-9(11,12)18(15,16)17-7-2-1-6-4-13-5-14-8(6)3-7/h1-5H. The average molecular weight is 278 g/mol. The normalized spacial score (nSPS) is 12.6. The Bertz CT molecular complexity index is 685. The van der Waals surface area contributed by atoms with Gasteiger partial charge in [0.2, 0.25) is 0 Å². The molecular formula is C9H5F3N2O3S. The van der Waals surface area contributed by atoms with Crippen LogP contribution in [0.4, 0.5) is 13.2 Å². The van der Waals surface area contributed by atoms with Crippen molar-refractivity contribution >= 4 is 21.0 Å². The molecule has 1 aromatic carbocycles. The molecule has 2 aromatic rings. The average Bonchev–Trinajstić information content (AvgIpc) is 2.27. The molecule has 0 atom stereocenters. The van der Waals surface area contributed by atoms with Gasteiger partial charge in [-0.1, -0.05) is 0 Å². The quantitative estimate of drug-likeness (QED) is 0.619. The zero-order valence-electron chi connectivity index (χ0n) is 8.55. The van der Waals surface area contributed by atoms with Crippen molar-refractivity contribution in [3.8, 4) is 5.75 Å². The SMILES string of the molecule is O=S(=O)(Oc1ccc2cncnc2c1)C(F)(F)F. The summed E-state index contributed by atoms with van der Waals surface area (Å²) in [7, 11) is -5.66. The van der Waals surface area contributed by atoms with Gasteiger partial charge in [0.1, 0.15) is 12.1 Å². The predicted octanol–water partition coefficient (Wildman–Crippen LogP) is 1.86. The molecule has 0 aliphatic carbocycles. The fourth-order valence-electron chi connectivity index (χ4n) is 1.18. The fraction of sp³-hybridized carbons (Fsp3) is 0.111. The Morgan fingerprint density at radius 1 is 1.22 bits per heavy atom. The van der Waals surface area contributed by atoms with Gasteiger partial charge in [-0.25, -0.2) is 9.97 Å². The summed E-state index contributed by atoms with van der Waals surface area (Å²) in [5.41, 5.74) is -5.19. The van der Waals surface area contributed by atoms with Crippen molar-refractivity contribution in [1.29, 1.82) is 0 Å². The Morgan fingerprint density at radius 2 is 1.94 bits per heavy atom. The molecule has 0 amide bonds. The first-order valence-electron chi connectivity index (χ1n) is 4.50. The van der Waals surface area contributed by atoms with E-state index in [2.05, 4.69) is 14.2 Å². The van der Waals surface area contributed by atoms with E-state index in [1.807, 2.05) is 0 Å². The highest BCUT2D eigenvalue weighted by Gasteiger charge is 2.48. The van der Waals surface area contributed by atoms with Gasteiger partial charge in [-0.3, -0.25) is 0 Å². The number of alkyl halides is 3. The molecule has 1 heterocycles. The van der Waals surface area contributed by atoms with E-state index < -0.39 is 21.4 Å². The molecular weight excluding hydrogens is 273 g/mol. The molecule has 1 aromatic heterocycles. The van der Waals surface area contributed by atoms with Crippen molar-refractivity contribution in [2.24, 2.45) is 0 Å². The third-order valence-corrected chi connectivity index (χ3v) is 2.95. The second-order valence-electron chi connectivity index (χ2n) is 3.23. The van der Waals surface area contributed by atoms with Crippen molar-refractivity contribution < 1.29 is 25.8 Å². The van der Waals surface area contributed by atoms with Gasteiger partial charge in [0, 0.05) is 17.6 Å². The Kier molecular flexibility index (Phi) is 2.85. The molecule has 0 aliphatic rings. The van der Waals surface area contributed by atoms with E-state index in [0.717, 1.165) is 12.1 Å². The minimum absolute atomic E-state index is 0.278. The number of hydrogen-bond donors (Lipinski definition) is 0. The number of benzene rings is 1. The van der Waals surface area contributed by atoms with Crippen molar-refractivity contribution in [2.45, 2.75) is 5.51 Å². The predicted molar refractivity (Wildman–Crippen MR) is 55.1 cm³/mol. The first-order valence-corrected chi connectivity index (χ1v) is 5.91. The molecule has 0 radical (unpaired) electrons. The van der Waals surface area contributed by atoms with Crippen LogP contribution in [0.3, 0.4) is 0 Å². The monoisotopic (exact) mass is 278 g/mol. The second-order valence-corrected chi connectivity index (χ2v) is 4.76. The van der Waals surface area contributed by atoms with Crippen molar-refractivity contribution in [3.05, 3.63) is 30.7 Å². The third-order valence-electron chi connectivity index (χ3n) is 1.97. The molecule has 0 saturated heterocycles. The van der Waals surface area contributed by atoms with E-state index in [0.29, 0.717) is 5.39 Å². The molecule has 0 saturated carbocycles. The fourth-order valence-corrected chi connectivity index (χ4v) is 1.63. The van der Waals surface area contributed by atoms with Crippen molar-refractivity contribution in [2.75, 3.05) is 0 Å². The van der Waals surface area contributed by atoms with Gasteiger partial charge >= 0.3 is 15.6 Å². The summed E-state index contributed by atoms with van der Waals surface area (Å²) in [5.74, 6) is -0.460. The zero-order chi connectivity index (χ0) is 13.4. The highest BCUT2D eigenvalue weighted by Crippen LogP contribution is 2.28. The van der Waals surface area contributed by atoms with E-state index in [9.17, 15) is 21.6 Å². The lowest BCUT2D eigenvalue weighted by atomic mass is 10.2. The maximum atomic E-state index is 12.1. The van der Waals surface area contributed by atoms with Crippen LogP contribution >= 0.6 is 0 Å². The maximum Gasteiger partial charge on any atom is 0.534 e. The minimum Gasteiger partial charge on any atom is -0.376 e. The smallest absolute Gasteiger partial charge is 0.376 e. The Balaban J connectivity index is 2.39. The number of aromatic nitrogens is 2. The molecule has 0 fully saturated rings. The second kappa shape index (κ2) is 4.09. The van der Waals surface area contributed by atoms with E-state index >= 15 is 0 Å². The summed E-state index contributed by atoms with van der Waals surface area (Å²) in [6, 6.07) is 3.53. The minimum atomic E-state index is -5.66.